The van der Waals surface area contributed by atoms with Gasteiger partial charge in [0.1, 0.15) is 0 Å². The zero-order valence-electron chi connectivity index (χ0n) is 18.6. The average molecular weight is 490 g/mol. The van der Waals surface area contributed by atoms with E-state index in [4.69, 9.17) is 14.2 Å². The van der Waals surface area contributed by atoms with Crippen molar-refractivity contribution in [1.29, 1.82) is 0 Å². The van der Waals surface area contributed by atoms with E-state index in [2.05, 4.69) is 10.0 Å². The SMILES string of the molecule is O=C(CN(Cc1ccc2c(c1)OCO2)C(=O)CNS(=O)(=O)c1ccccc1)NC[C@@H]1CCCO1. The zero-order valence-corrected chi connectivity index (χ0v) is 19.4. The second-order valence-electron chi connectivity index (χ2n) is 8.01. The smallest absolute Gasteiger partial charge is 0.241 e. The molecule has 2 aliphatic heterocycles. The number of amides is 2. The van der Waals surface area contributed by atoms with Gasteiger partial charge in [-0.15, -0.1) is 0 Å². The molecule has 0 bridgehead atoms. The molecule has 1 fully saturated rings. The van der Waals surface area contributed by atoms with Crippen LogP contribution in [0.3, 0.4) is 0 Å². The number of fused-ring (bicyclic) bond motifs is 1. The van der Waals surface area contributed by atoms with Gasteiger partial charge in [0.25, 0.3) is 0 Å². The lowest BCUT2D eigenvalue weighted by atomic mass is 10.2. The van der Waals surface area contributed by atoms with Crippen LogP contribution in [0.15, 0.2) is 53.4 Å². The lowest BCUT2D eigenvalue weighted by molar-refractivity contribution is -0.135. The largest absolute Gasteiger partial charge is 0.454 e. The van der Waals surface area contributed by atoms with Gasteiger partial charge < -0.3 is 24.4 Å². The van der Waals surface area contributed by atoms with Crippen molar-refractivity contribution in [1.82, 2.24) is 14.9 Å². The summed E-state index contributed by atoms with van der Waals surface area (Å²) in [6.07, 6.45) is 1.80. The quantitative estimate of drug-likeness (QED) is 0.511. The summed E-state index contributed by atoms with van der Waals surface area (Å²) in [6.45, 7) is 0.542. The summed E-state index contributed by atoms with van der Waals surface area (Å²) in [5.74, 6) is 0.268. The van der Waals surface area contributed by atoms with E-state index in [1.807, 2.05) is 0 Å². The van der Waals surface area contributed by atoms with Crippen LogP contribution in [0.25, 0.3) is 0 Å². The van der Waals surface area contributed by atoms with Gasteiger partial charge in [-0.05, 0) is 42.7 Å². The van der Waals surface area contributed by atoms with Crippen molar-refractivity contribution in [2.45, 2.75) is 30.4 Å². The van der Waals surface area contributed by atoms with Crippen LogP contribution in [0, 0.1) is 0 Å². The van der Waals surface area contributed by atoms with Gasteiger partial charge >= 0.3 is 0 Å². The second-order valence-corrected chi connectivity index (χ2v) is 9.78. The summed E-state index contributed by atoms with van der Waals surface area (Å²) < 4.78 is 43.6. The third-order valence-electron chi connectivity index (χ3n) is 5.52. The minimum atomic E-state index is -3.87. The second kappa shape index (κ2) is 10.9. The molecule has 2 amide bonds. The fourth-order valence-electron chi connectivity index (χ4n) is 3.71. The van der Waals surface area contributed by atoms with E-state index in [-0.39, 0.29) is 36.8 Å². The number of benzene rings is 2. The first kappa shape index (κ1) is 24.0. The Hall–Kier alpha value is -3.15. The Morgan fingerprint density at radius 3 is 2.62 bits per heavy atom. The standard InChI is InChI=1S/C23H27N3O7S/c27-22(24-12-18-5-4-10-31-18)15-26(14-17-8-9-20-21(11-17)33-16-32-20)23(28)13-25-34(29,30)19-6-2-1-3-7-19/h1-3,6-9,11,18,25H,4-5,10,12-16H2,(H,24,27)/t18-/m0/s1. The van der Waals surface area contributed by atoms with E-state index in [0.717, 1.165) is 18.4 Å². The van der Waals surface area contributed by atoms with Crippen molar-refractivity contribution >= 4 is 21.8 Å². The summed E-state index contributed by atoms with van der Waals surface area (Å²) in [5.41, 5.74) is 0.718. The lowest BCUT2D eigenvalue weighted by Crippen LogP contribution is -2.45. The fraction of sp³-hybridized carbons (Fsp3) is 0.391. The van der Waals surface area contributed by atoms with Gasteiger partial charge in [-0.1, -0.05) is 24.3 Å². The molecule has 34 heavy (non-hydrogen) atoms. The summed E-state index contributed by atoms with van der Waals surface area (Å²) in [5, 5.41) is 2.79. The minimum absolute atomic E-state index is 0.0281. The van der Waals surface area contributed by atoms with Gasteiger partial charge in [-0.25, -0.2) is 13.1 Å². The van der Waals surface area contributed by atoms with Gasteiger partial charge in [-0.3, -0.25) is 9.59 Å². The van der Waals surface area contributed by atoms with E-state index in [0.29, 0.717) is 24.7 Å². The molecule has 0 unspecified atom stereocenters. The third kappa shape index (κ3) is 6.25. The predicted octanol–water partition coefficient (Wildman–Crippen LogP) is 1.02. The molecule has 11 heteroatoms. The zero-order chi connectivity index (χ0) is 24.0. The molecule has 1 atom stereocenters. The van der Waals surface area contributed by atoms with Crippen molar-refractivity contribution in [2.24, 2.45) is 0 Å². The summed E-state index contributed by atoms with van der Waals surface area (Å²) >= 11 is 0. The third-order valence-corrected chi connectivity index (χ3v) is 6.93. The van der Waals surface area contributed by atoms with Crippen molar-refractivity contribution in [2.75, 3.05) is 33.0 Å². The Kier molecular flexibility index (Phi) is 7.66. The molecule has 4 rings (SSSR count). The average Bonchev–Trinajstić information content (AvgIpc) is 3.53. The molecule has 0 aromatic heterocycles. The van der Waals surface area contributed by atoms with Crippen molar-refractivity contribution in [3.63, 3.8) is 0 Å². The number of carbonyl (C=O) groups excluding carboxylic acids is 2. The summed E-state index contributed by atoms with van der Waals surface area (Å²) in [4.78, 5) is 26.9. The van der Waals surface area contributed by atoms with Crippen LogP contribution in [0.4, 0.5) is 0 Å². The highest BCUT2D eigenvalue weighted by atomic mass is 32.2. The molecular weight excluding hydrogens is 462 g/mol. The summed E-state index contributed by atoms with van der Waals surface area (Å²) in [6, 6.07) is 13.0. The van der Waals surface area contributed by atoms with Gasteiger partial charge in [0.2, 0.25) is 28.6 Å². The van der Waals surface area contributed by atoms with E-state index in [1.54, 1.807) is 36.4 Å². The number of nitrogens with zero attached hydrogens (tertiary/aromatic N) is 1. The number of carbonyl (C=O) groups is 2. The maximum atomic E-state index is 13.0. The molecule has 2 aliphatic rings. The van der Waals surface area contributed by atoms with Gasteiger partial charge in [0.15, 0.2) is 11.5 Å². The Bertz CT molecular complexity index is 1120. The highest BCUT2D eigenvalue weighted by Crippen LogP contribution is 2.32. The number of rotatable bonds is 10. The van der Waals surface area contributed by atoms with E-state index in [9.17, 15) is 18.0 Å². The van der Waals surface area contributed by atoms with Gasteiger partial charge in [0.05, 0.1) is 24.1 Å². The topological polar surface area (TPSA) is 123 Å². The van der Waals surface area contributed by atoms with E-state index >= 15 is 0 Å². The molecule has 1 saturated heterocycles. The Balaban J connectivity index is 1.42. The highest BCUT2D eigenvalue weighted by Gasteiger charge is 2.23. The van der Waals surface area contributed by atoms with Crippen LogP contribution in [-0.2, 0) is 30.9 Å². The van der Waals surface area contributed by atoms with Crippen molar-refractivity contribution in [3.8, 4) is 11.5 Å². The number of sulfonamides is 1. The molecule has 2 aromatic carbocycles. The fourth-order valence-corrected chi connectivity index (χ4v) is 4.70. The van der Waals surface area contributed by atoms with Crippen LogP contribution < -0.4 is 19.5 Å². The van der Waals surface area contributed by atoms with Gasteiger partial charge in [-0.2, -0.15) is 0 Å². The van der Waals surface area contributed by atoms with Crippen LogP contribution >= 0.6 is 0 Å². The first-order valence-corrected chi connectivity index (χ1v) is 12.5. The molecule has 0 spiro atoms. The Morgan fingerprint density at radius 1 is 1.06 bits per heavy atom. The van der Waals surface area contributed by atoms with Crippen LogP contribution in [0.1, 0.15) is 18.4 Å². The van der Waals surface area contributed by atoms with Crippen molar-refractivity contribution < 1.29 is 32.2 Å². The Labute approximate surface area is 198 Å². The Morgan fingerprint density at radius 2 is 1.85 bits per heavy atom. The van der Waals surface area contributed by atoms with Crippen LogP contribution in [-0.4, -0.2) is 64.3 Å². The number of hydrogen-bond donors (Lipinski definition) is 2. The highest BCUT2D eigenvalue weighted by molar-refractivity contribution is 7.89. The maximum Gasteiger partial charge on any atom is 0.241 e. The molecule has 0 aliphatic carbocycles. The number of hydrogen-bond acceptors (Lipinski definition) is 7. The molecule has 0 radical (unpaired) electrons. The maximum absolute atomic E-state index is 13.0. The normalized spacial score (nSPS) is 16.9. The van der Waals surface area contributed by atoms with Gasteiger partial charge in [0, 0.05) is 19.7 Å². The summed E-state index contributed by atoms with van der Waals surface area (Å²) in [7, 11) is -3.87. The monoisotopic (exact) mass is 489 g/mol. The predicted molar refractivity (Wildman–Crippen MR) is 122 cm³/mol. The molecule has 0 saturated carbocycles. The molecule has 10 nitrogen and oxygen atoms in total. The van der Waals surface area contributed by atoms with Crippen molar-refractivity contribution in [3.05, 3.63) is 54.1 Å². The number of ether oxygens (including phenoxy) is 3. The molecule has 2 N–H and O–H groups in total. The van der Waals surface area contributed by atoms with E-state index in [1.165, 1.54) is 17.0 Å². The molecule has 2 aromatic rings. The van der Waals surface area contributed by atoms with Crippen LogP contribution in [0.2, 0.25) is 0 Å². The number of nitrogens with one attached hydrogen (secondary N) is 2. The van der Waals surface area contributed by atoms with E-state index < -0.39 is 22.5 Å². The minimum Gasteiger partial charge on any atom is -0.454 e. The first-order valence-electron chi connectivity index (χ1n) is 11.0. The molecule has 2 heterocycles. The molecule has 182 valence electrons. The lowest BCUT2D eigenvalue weighted by Gasteiger charge is -2.23. The molecular formula is C23H27N3O7S. The van der Waals surface area contributed by atoms with Crippen LogP contribution in [0.5, 0.6) is 11.5 Å². The first-order chi connectivity index (χ1) is 16.4.